The normalized spacial score (nSPS) is 15.7. The molecule has 35 heavy (non-hydrogen) atoms. The number of thioether (sulfide) groups is 1. The topological polar surface area (TPSA) is 79.2 Å². The van der Waals surface area contributed by atoms with Crippen LogP contribution in [0.1, 0.15) is 28.4 Å². The molecule has 1 saturated heterocycles. The summed E-state index contributed by atoms with van der Waals surface area (Å²) in [4.78, 5) is 30.9. The Bertz CT molecular complexity index is 1360. The number of ether oxygens (including phenoxy) is 1. The number of carbonyl (C=O) groups excluding carboxylic acids is 1. The van der Waals surface area contributed by atoms with Crippen LogP contribution in [-0.4, -0.2) is 33.6 Å². The van der Waals surface area contributed by atoms with E-state index in [2.05, 4.69) is 4.99 Å². The predicted octanol–water partition coefficient (Wildman–Crippen LogP) is 6.89. The Morgan fingerprint density at radius 3 is 2.60 bits per heavy atom. The van der Waals surface area contributed by atoms with E-state index in [1.807, 2.05) is 25.1 Å². The summed E-state index contributed by atoms with van der Waals surface area (Å²) in [6.45, 7) is 2.56. The molecular weight excluding hydrogens is 507 g/mol. The number of amidine groups is 1. The number of halogens is 2. The van der Waals surface area contributed by atoms with Gasteiger partial charge in [-0.25, -0.2) is 9.79 Å². The van der Waals surface area contributed by atoms with Gasteiger partial charge in [-0.05, 0) is 78.9 Å². The maximum Gasteiger partial charge on any atom is 0.335 e. The van der Waals surface area contributed by atoms with Crippen molar-refractivity contribution in [1.82, 2.24) is 4.90 Å². The minimum atomic E-state index is -1.04. The van der Waals surface area contributed by atoms with Crippen LogP contribution in [-0.2, 0) is 11.4 Å². The van der Waals surface area contributed by atoms with Crippen LogP contribution in [0.2, 0.25) is 10.0 Å². The highest BCUT2D eigenvalue weighted by Gasteiger charge is 2.32. The molecule has 1 amide bonds. The number of amides is 1. The van der Waals surface area contributed by atoms with Gasteiger partial charge < -0.3 is 9.84 Å². The lowest BCUT2D eigenvalue weighted by atomic mass is 10.1. The molecule has 0 aromatic heterocycles. The van der Waals surface area contributed by atoms with Crippen molar-refractivity contribution in [3.63, 3.8) is 0 Å². The summed E-state index contributed by atoms with van der Waals surface area (Å²) in [6.07, 6.45) is 1.73. The number of carboxylic acid groups (broad SMARTS) is 1. The first-order valence-electron chi connectivity index (χ1n) is 10.6. The molecule has 1 aliphatic heterocycles. The first-order chi connectivity index (χ1) is 16.8. The lowest BCUT2D eigenvalue weighted by molar-refractivity contribution is -0.122. The third kappa shape index (κ3) is 6.06. The van der Waals surface area contributed by atoms with Gasteiger partial charge in [0.1, 0.15) is 12.4 Å². The van der Waals surface area contributed by atoms with E-state index in [-0.39, 0.29) is 11.5 Å². The number of aliphatic imine (C=N–C) groups is 1. The molecule has 1 fully saturated rings. The number of benzene rings is 3. The third-order valence-electron chi connectivity index (χ3n) is 5.06. The Kier molecular flexibility index (Phi) is 7.80. The standard InChI is InChI=1S/C26H20Cl2N2O4S/c1-2-30-24(31)23(35-26(30)29-21-8-4-6-17(13-21)25(32)33)14-18-12-20(28)9-10-22(18)34-15-16-5-3-7-19(27)11-16/h3-14H,2,15H2,1H3,(H,32,33)/b23-14+,29-26?. The summed E-state index contributed by atoms with van der Waals surface area (Å²) in [5, 5.41) is 10.8. The van der Waals surface area contributed by atoms with Crippen LogP contribution < -0.4 is 4.74 Å². The minimum Gasteiger partial charge on any atom is -0.488 e. The molecule has 0 radical (unpaired) electrons. The lowest BCUT2D eigenvalue weighted by Crippen LogP contribution is -2.28. The molecule has 6 nitrogen and oxygen atoms in total. The van der Waals surface area contributed by atoms with Gasteiger partial charge in [-0.1, -0.05) is 41.4 Å². The fourth-order valence-electron chi connectivity index (χ4n) is 3.38. The second kappa shape index (κ2) is 11.0. The van der Waals surface area contributed by atoms with Gasteiger partial charge in [0.05, 0.1) is 16.2 Å². The summed E-state index contributed by atoms with van der Waals surface area (Å²) in [6, 6.07) is 18.9. The monoisotopic (exact) mass is 526 g/mol. The van der Waals surface area contributed by atoms with Crippen LogP contribution in [0.3, 0.4) is 0 Å². The fourth-order valence-corrected chi connectivity index (χ4v) is 4.83. The van der Waals surface area contributed by atoms with E-state index in [0.717, 1.165) is 5.56 Å². The van der Waals surface area contributed by atoms with Gasteiger partial charge in [0.2, 0.25) is 0 Å². The maximum absolute atomic E-state index is 13.1. The Morgan fingerprint density at radius 1 is 1.09 bits per heavy atom. The van der Waals surface area contributed by atoms with Crippen LogP contribution in [0.25, 0.3) is 6.08 Å². The van der Waals surface area contributed by atoms with Crippen molar-refractivity contribution < 1.29 is 19.4 Å². The third-order valence-corrected chi connectivity index (χ3v) is 6.54. The molecule has 1 aliphatic rings. The molecule has 3 aromatic carbocycles. The second-order valence-electron chi connectivity index (χ2n) is 7.51. The maximum atomic E-state index is 13.1. The van der Waals surface area contributed by atoms with Crippen LogP contribution in [0.4, 0.5) is 5.69 Å². The van der Waals surface area contributed by atoms with Crippen molar-refractivity contribution in [1.29, 1.82) is 0 Å². The molecule has 4 rings (SSSR count). The molecule has 0 unspecified atom stereocenters. The highest BCUT2D eigenvalue weighted by atomic mass is 35.5. The highest BCUT2D eigenvalue weighted by Crippen LogP contribution is 2.36. The van der Waals surface area contributed by atoms with E-state index in [1.165, 1.54) is 23.9 Å². The van der Waals surface area contributed by atoms with Gasteiger partial charge in [-0.15, -0.1) is 0 Å². The zero-order valence-corrected chi connectivity index (χ0v) is 20.9. The molecule has 0 aliphatic carbocycles. The summed E-state index contributed by atoms with van der Waals surface area (Å²) in [5.74, 6) is -0.675. The second-order valence-corrected chi connectivity index (χ2v) is 9.39. The summed E-state index contributed by atoms with van der Waals surface area (Å²) in [5.41, 5.74) is 2.14. The molecule has 0 saturated carbocycles. The zero-order chi connectivity index (χ0) is 24.9. The Balaban J connectivity index is 1.63. The number of carboxylic acids is 1. The van der Waals surface area contributed by atoms with Crippen molar-refractivity contribution in [3.8, 4) is 5.75 Å². The number of aromatic carboxylic acids is 1. The van der Waals surface area contributed by atoms with Crippen LogP contribution in [0.5, 0.6) is 5.75 Å². The van der Waals surface area contributed by atoms with Crippen molar-refractivity contribution in [2.45, 2.75) is 13.5 Å². The molecule has 1 heterocycles. The van der Waals surface area contributed by atoms with E-state index in [1.54, 1.807) is 47.4 Å². The quantitative estimate of drug-likeness (QED) is 0.339. The Labute approximate surface area is 216 Å². The molecule has 3 aromatic rings. The number of likely N-dealkylation sites (N-methyl/N-ethyl adjacent to an activating group) is 1. The van der Waals surface area contributed by atoms with Crippen molar-refractivity contribution in [2.75, 3.05) is 6.54 Å². The van der Waals surface area contributed by atoms with Crippen LogP contribution in [0.15, 0.2) is 76.6 Å². The van der Waals surface area contributed by atoms with Gasteiger partial charge in [0.25, 0.3) is 5.91 Å². The fraction of sp³-hybridized carbons (Fsp3) is 0.115. The Morgan fingerprint density at radius 2 is 1.86 bits per heavy atom. The largest absolute Gasteiger partial charge is 0.488 e. The van der Waals surface area contributed by atoms with E-state index < -0.39 is 5.97 Å². The summed E-state index contributed by atoms with van der Waals surface area (Å²) >= 11 is 13.5. The van der Waals surface area contributed by atoms with E-state index in [0.29, 0.717) is 50.3 Å². The number of carbonyl (C=O) groups is 2. The van der Waals surface area contributed by atoms with Gasteiger partial charge in [-0.3, -0.25) is 9.69 Å². The van der Waals surface area contributed by atoms with Gasteiger partial charge in [0, 0.05) is 22.2 Å². The van der Waals surface area contributed by atoms with Gasteiger partial charge in [-0.2, -0.15) is 0 Å². The smallest absolute Gasteiger partial charge is 0.335 e. The number of rotatable bonds is 7. The van der Waals surface area contributed by atoms with Crippen LogP contribution in [0, 0.1) is 0 Å². The molecule has 9 heteroatoms. The first-order valence-corrected chi connectivity index (χ1v) is 12.2. The SMILES string of the molecule is CCN1C(=O)/C(=C\c2cc(Cl)ccc2OCc2cccc(Cl)c2)SC1=Nc1cccc(C(=O)O)c1. The number of hydrogen-bond donors (Lipinski definition) is 1. The molecular formula is C26H20Cl2N2O4S. The molecule has 0 spiro atoms. The zero-order valence-electron chi connectivity index (χ0n) is 18.6. The molecule has 0 bridgehead atoms. The number of nitrogens with zero attached hydrogens (tertiary/aromatic N) is 2. The minimum absolute atomic E-state index is 0.125. The van der Waals surface area contributed by atoms with Crippen LogP contribution >= 0.6 is 35.0 Å². The van der Waals surface area contributed by atoms with E-state index >= 15 is 0 Å². The molecule has 1 N–H and O–H groups in total. The summed E-state index contributed by atoms with van der Waals surface area (Å²) < 4.78 is 6.01. The molecule has 0 atom stereocenters. The summed E-state index contributed by atoms with van der Waals surface area (Å²) in [7, 11) is 0. The van der Waals surface area contributed by atoms with Crippen molar-refractivity contribution in [2.24, 2.45) is 4.99 Å². The average molecular weight is 527 g/mol. The van der Waals surface area contributed by atoms with Crippen molar-refractivity contribution in [3.05, 3.63) is 98.4 Å². The lowest BCUT2D eigenvalue weighted by Gasteiger charge is -2.12. The molecule has 178 valence electrons. The van der Waals surface area contributed by atoms with Gasteiger partial charge in [0.15, 0.2) is 5.17 Å². The number of hydrogen-bond acceptors (Lipinski definition) is 5. The highest BCUT2D eigenvalue weighted by molar-refractivity contribution is 8.18. The van der Waals surface area contributed by atoms with E-state index in [4.69, 9.17) is 27.9 Å². The van der Waals surface area contributed by atoms with E-state index in [9.17, 15) is 14.7 Å². The predicted molar refractivity (Wildman–Crippen MR) is 141 cm³/mol. The average Bonchev–Trinajstić information content (AvgIpc) is 3.12. The first kappa shape index (κ1) is 24.9. The van der Waals surface area contributed by atoms with Crippen molar-refractivity contribution >= 4 is 63.8 Å². The van der Waals surface area contributed by atoms with Gasteiger partial charge >= 0.3 is 5.97 Å². The Hall–Kier alpha value is -3.26.